The van der Waals surface area contributed by atoms with Crippen LogP contribution >= 0.6 is 0 Å². The molecule has 1 rings (SSSR count). The second-order valence-electron chi connectivity index (χ2n) is 3.01. The SMILES string of the molecule is CN(C)C(=O)Nc1ccc(C#N)cc1. The number of hydrogen-bond donors (Lipinski definition) is 1. The summed E-state index contributed by atoms with van der Waals surface area (Å²) in [6, 6.07) is 8.53. The summed E-state index contributed by atoms with van der Waals surface area (Å²) in [5, 5.41) is 11.2. The van der Waals surface area contributed by atoms with Crippen molar-refractivity contribution in [2.45, 2.75) is 0 Å². The molecule has 0 saturated heterocycles. The number of nitrogens with one attached hydrogen (secondary N) is 1. The van der Waals surface area contributed by atoms with Crippen LogP contribution < -0.4 is 5.32 Å². The van der Waals surface area contributed by atoms with E-state index in [0.717, 1.165) is 0 Å². The minimum atomic E-state index is -0.185. The summed E-state index contributed by atoms with van der Waals surface area (Å²) in [5.74, 6) is 0. The van der Waals surface area contributed by atoms with Gasteiger partial charge in [-0.05, 0) is 24.3 Å². The lowest BCUT2D eigenvalue weighted by molar-refractivity contribution is 0.230. The molecule has 0 aliphatic heterocycles. The molecule has 0 atom stereocenters. The molecule has 0 aromatic heterocycles. The number of nitrogens with zero attached hydrogens (tertiary/aromatic N) is 2. The van der Waals surface area contributed by atoms with Crippen molar-refractivity contribution in [2.75, 3.05) is 19.4 Å². The van der Waals surface area contributed by atoms with E-state index < -0.39 is 0 Å². The fourth-order valence-electron chi connectivity index (χ4n) is 0.863. The molecule has 1 aromatic carbocycles. The molecule has 1 aromatic rings. The molecule has 1 N–H and O–H groups in total. The average molecular weight is 189 g/mol. The Labute approximate surface area is 82.8 Å². The molecule has 0 spiro atoms. The summed E-state index contributed by atoms with van der Waals surface area (Å²) in [5.41, 5.74) is 1.26. The van der Waals surface area contributed by atoms with E-state index >= 15 is 0 Å². The highest BCUT2D eigenvalue weighted by Gasteiger charge is 2.02. The first kappa shape index (κ1) is 10.1. The number of benzene rings is 1. The van der Waals surface area contributed by atoms with Crippen LogP contribution in [0.25, 0.3) is 0 Å². The zero-order valence-corrected chi connectivity index (χ0v) is 8.11. The zero-order valence-electron chi connectivity index (χ0n) is 8.11. The molecule has 0 fully saturated rings. The van der Waals surface area contributed by atoms with Crippen LogP contribution in [-0.4, -0.2) is 25.0 Å². The van der Waals surface area contributed by atoms with Gasteiger partial charge in [-0.15, -0.1) is 0 Å². The largest absolute Gasteiger partial charge is 0.331 e. The van der Waals surface area contributed by atoms with Crippen LogP contribution in [0.15, 0.2) is 24.3 Å². The Morgan fingerprint density at radius 3 is 2.36 bits per heavy atom. The third-order valence-corrected chi connectivity index (χ3v) is 1.67. The lowest BCUT2D eigenvalue weighted by atomic mass is 10.2. The maximum absolute atomic E-state index is 11.2. The van der Waals surface area contributed by atoms with Gasteiger partial charge in [0.1, 0.15) is 0 Å². The fraction of sp³-hybridized carbons (Fsp3) is 0.200. The predicted molar refractivity (Wildman–Crippen MR) is 53.9 cm³/mol. The van der Waals surface area contributed by atoms with Gasteiger partial charge in [0.25, 0.3) is 0 Å². The first-order valence-corrected chi connectivity index (χ1v) is 4.12. The first-order chi connectivity index (χ1) is 6.63. The average Bonchev–Trinajstić information content (AvgIpc) is 2.19. The first-order valence-electron chi connectivity index (χ1n) is 4.12. The van der Waals surface area contributed by atoms with E-state index in [1.54, 1.807) is 38.4 Å². The predicted octanol–water partition coefficient (Wildman–Crippen LogP) is 1.65. The number of anilines is 1. The summed E-state index contributed by atoms with van der Waals surface area (Å²) in [7, 11) is 3.33. The van der Waals surface area contributed by atoms with Crippen molar-refractivity contribution in [3.05, 3.63) is 29.8 Å². The van der Waals surface area contributed by atoms with Crippen LogP contribution in [0.5, 0.6) is 0 Å². The Morgan fingerprint density at radius 2 is 1.93 bits per heavy atom. The Morgan fingerprint density at radius 1 is 1.36 bits per heavy atom. The third kappa shape index (κ3) is 2.49. The molecule has 0 radical (unpaired) electrons. The lowest BCUT2D eigenvalue weighted by Crippen LogP contribution is -2.27. The second-order valence-corrected chi connectivity index (χ2v) is 3.01. The maximum atomic E-state index is 11.2. The van der Waals surface area contributed by atoms with Gasteiger partial charge in [0.2, 0.25) is 0 Å². The van der Waals surface area contributed by atoms with Gasteiger partial charge in [-0.25, -0.2) is 4.79 Å². The summed E-state index contributed by atoms with van der Waals surface area (Å²) in [4.78, 5) is 12.7. The number of hydrogen-bond acceptors (Lipinski definition) is 2. The molecule has 4 nitrogen and oxygen atoms in total. The van der Waals surface area contributed by atoms with Gasteiger partial charge in [-0.1, -0.05) is 0 Å². The molecular formula is C10H11N3O. The van der Waals surface area contributed by atoms with Crippen molar-refractivity contribution >= 4 is 11.7 Å². The van der Waals surface area contributed by atoms with Crippen molar-refractivity contribution in [2.24, 2.45) is 0 Å². The number of carbonyl (C=O) groups is 1. The van der Waals surface area contributed by atoms with E-state index in [4.69, 9.17) is 5.26 Å². The molecule has 2 amide bonds. The maximum Gasteiger partial charge on any atom is 0.321 e. The van der Waals surface area contributed by atoms with Crippen molar-refractivity contribution in [3.8, 4) is 6.07 Å². The van der Waals surface area contributed by atoms with Gasteiger partial charge in [0.05, 0.1) is 11.6 Å². The Kier molecular flexibility index (Phi) is 3.08. The minimum absolute atomic E-state index is 0.185. The van der Waals surface area contributed by atoms with E-state index in [0.29, 0.717) is 11.3 Å². The summed E-state index contributed by atoms with van der Waals surface area (Å²) in [6.45, 7) is 0. The van der Waals surface area contributed by atoms with E-state index in [2.05, 4.69) is 5.32 Å². The van der Waals surface area contributed by atoms with Crippen molar-refractivity contribution in [1.29, 1.82) is 5.26 Å². The molecule has 0 aliphatic carbocycles. The number of rotatable bonds is 1. The summed E-state index contributed by atoms with van der Waals surface area (Å²) in [6.07, 6.45) is 0. The summed E-state index contributed by atoms with van der Waals surface area (Å²) < 4.78 is 0. The van der Waals surface area contributed by atoms with E-state index in [1.165, 1.54) is 4.90 Å². The molecule has 4 heteroatoms. The number of urea groups is 1. The van der Waals surface area contributed by atoms with Gasteiger partial charge in [0.15, 0.2) is 0 Å². The van der Waals surface area contributed by atoms with Gasteiger partial charge >= 0.3 is 6.03 Å². The fourth-order valence-corrected chi connectivity index (χ4v) is 0.863. The van der Waals surface area contributed by atoms with Crippen molar-refractivity contribution in [1.82, 2.24) is 4.90 Å². The van der Waals surface area contributed by atoms with Crippen molar-refractivity contribution in [3.63, 3.8) is 0 Å². The molecule has 0 heterocycles. The highest BCUT2D eigenvalue weighted by molar-refractivity contribution is 5.88. The quantitative estimate of drug-likeness (QED) is 0.730. The highest BCUT2D eigenvalue weighted by atomic mass is 16.2. The van der Waals surface area contributed by atoms with Crippen LogP contribution in [0.1, 0.15) is 5.56 Å². The Balaban J connectivity index is 2.70. The molecule has 72 valence electrons. The van der Waals surface area contributed by atoms with Crippen LogP contribution in [0, 0.1) is 11.3 Å². The van der Waals surface area contributed by atoms with Crippen molar-refractivity contribution < 1.29 is 4.79 Å². The Hall–Kier alpha value is -2.02. The van der Waals surface area contributed by atoms with Crippen LogP contribution in [-0.2, 0) is 0 Å². The molecule has 0 bridgehead atoms. The second kappa shape index (κ2) is 4.28. The molecular weight excluding hydrogens is 178 g/mol. The standard InChI is InChI=1S/C10H11N3O/c1-13(2)10(14)12-9-5-3-8(7-11)4-6-9/h3-6H,1-2H3,(H,12,14). The van der Waals surface area contributed by atoms with Gasteiger partial charge in [-0.2, -0.15) is 5.26 Å². The van der Waals surface area contributed by atoms with Crippen LogP contribution in [0.2, 0.25) is 0 Å². The van der Waals surface area contributed by atoms with Gasteiger partial charge in [-0.3, -0.25) is 0 Å². The van der Waals surface area contributed by atoms with E-state index in [1.807, 2.05) is 6.07 Å². The summed E-state index contributed by atoms with van der Waals surface area (Å²) >= 11 is 0. The smallest absolute Gasteiger partial charge is 0.321 e. The number of nitriles is 1. The van der Waals surface area contributed by atoms with E-state index in [-0.39, 0.29) is 6.03 Å². The van der Waals surface area contributed by atoms with Crippen LogP contribution in [0.3, 0.4) is 0 Å². The molecule has 0 aliphatic rings. The van der Waals surface area contributed by atoms with E-state index in [9.17, 15) is 4.79 Å². The van der Waals surface area contributed by atoms with Gasteiger partial charge < -0.3 is 10.2 Å². The number of amides is 2. The van der Waals surface area contributed by atoms with Crippen LogP contribution in [0.4, 0.5) is 10.5 Å². The number of carbonyl (C=O) groups excluding carboxylic acids is 1. The zero-order chi connectivity index (χ0) is 10.6. The topological polar surface area (TPSA) is 56.1 Å². The monoisotopic (exact) mass is 189 g/mol. The third-order valence-electron chi connectivity index (χ3n) is 1.67. The molecule has 0 unspecified atom stereocenters. The highest BCUT2D eigenvalue weighted by Crippen LogP contribution is 2.08. The Bertz CT molecular complexity index is 362. The minimum Gasteiger partial charge on any atom is -0.331 e. The van der Waals surface area contributed by atoms with Gasteiger partial charge in [0, 0.05) is 19.8 Å². The molecule has 14 heavy (non-hydrogen) atoms. The normalized spacial score (nSPS) is 8.93. The molecule has 0 saturated carbocycles. The lowest BCUT2D eigenvalue weighted by Gasteiger charge is -2.11.